The summed E-state index contributed by atoms with van der Waals surface area (Å²) in [6.07, 6.45) is -4.88. The number of hydrogen-bond donors (Lipinski definition) is 2. The smallest absolute Gasteiger partial charge is 0.547 e. The molecule has 79 valence electrons. The molecule has 0 bridgehead atoms. The van der Waals surface area contributed by atoms with Gasteiger partial charge in [-0.1, -0.05) is 0 Å². The van der Waals surface area contributed by atoms with Crippen LogP contribution in [0, 0.1) is 0 Å². The molecule has 8 heteroatoms. The summed E-state index contributed by atoms with van der Waals surface area (Å²) in [5.41, 5.74) is 0. The summed E-state index contributed by atoms with van der Waals surface area (Å²) in [5, 5.41) is 35.7. The van der Waals surface area contributed by atoms with Gasteiger partial charge in [0.1, 0.15) is 19.0 Å². The molecular formula is C5H6CuO7. The van der Waals surface area contributed by atoms with E-state index in [0.717, 1.165) is 0 Å². The van der Waals surface area contributed by atoms with Crippen molar-refractivity contribution in [2.45, 2.75) is 12.2 Å². The van der Waals surface area contributed by atoms with Gasteiger partial charge in [-0.2, -0.15) is 0 Å². The summed E-state index contributed by atoms with van der Waals surface area (Å²) in [4.78, 5) is 27.3. The molecule has 0 heterocycles. The van der Waals surface area contributed by atoms with E-state index in [1.54, 1.807) is 0 Å². The zero-order chi connectivity index (χ0) is 10.3. The number of carboxylic acids is 2. The van der Waals surface area contributed by atoms with Crippen LogP contribution in [0.15, 0.2) is 0 Å². The molecule has 0 rings (SSSR count). The van der Waals surface area contributed by atoms with Crippen LogP contribution in [0.25, 0.3) is 0 Å². The fraction of sp³-hybridized carbons (Fsp3) is 0.400. The van der Waals surface area contributed by atoms with Gasteiger partial charge in [-0.25, -0.2) is 0 Å². The maximum atomic E-state index is 9.63. The first-order chi connectivity index (χ1) is 5.46. The minimum absolute atomic E-state index is 0. The van der Waals surface area contributed by atoms with Gasteiger partial charge in [-0.05, 0) is 0 Å². The topological polar surface area (TPSA) is 138 Å². The van der Waals surface area contributed by atoms with E-state index in [-0.39, 0.29) is 17.1 Å². The molecular weight excluding hydrogens is 236 g/mol. The number of aliphatic hydroxyl groups excluding tert-OH is 2. The first-order valence-corrected chi connectivity index (χ1v) is 2.53. The van der Waals surface area contributed by atoms with Crippen LogP contribution in [0.5, 0.6) is 0 Å². The minimum Gasteiger partial charge on any atom is -0.547 e. The van der Waals surface area contributed by atoms with Gasteiger partial charge in [0.15, 0.2) is 0 Å². The van der Waals surface area contributed by atoms with E-state index >= 15 is 0 Å². The van der Waals surface area contributed by atoms with Gasteiger partial charge in [0, 0.05) is 0 Å². The van der Waals surface area contributed by atoms with Crippen molar-refractivity contribution in [2.75, 3.05) is 0 Å². The number of aliphatic hydroxyl groups is 2. The first-order valence-electron chi connectivity index (χ1n) is 2.53. The summed E-state index contributed by atoms with van der Waals surface area (Å²) >= 11 is 0. The van der Waals surface area contributed by atoms with E-state index < -0.39 is 24.1 Å². The molecule has 0 aromatic heterocycles. The molecule has 13 heavy (non-hydrogen) atoms. The second-order valence-corrected chi connectivity index (χ2v) is 1.53. The molecule has 0 aromatic carbocycles. The van der Waals surface area contributed by atoms with Crippen molar-refractivity contribution in [2.24, 2.45) is 0 Å². The Labute approximate surface area is 83.5 Å². The van der Waals surface area contributed by atoms with Crippen molar-refractivity contribution in [1.29, 1.82) is 0 Å². The second kappa shape index (κ2) is 9.14. The maximum absolute atomic E-state index is 9.63. The van der Waals surface area contributed by atoms with Crippen molar-refractivity contribution in [3.63, 3.8) is 0 Å². The van der Waals surface area contributed by atoms with Crippen molar-refractivity contribution in [3.05, 3.63) is 0 Å². The van der Waals surface area contributed by atoms with E-state index in [4.69, 9.17) is 15.0 Å². The molecule has 0 aromatic rings. The average Bonchev–Trinajstić information content (AvgIpc) is 2.05. The maximum Gasteiger partial charge on any atom is 2.00 e. The number of rotatable bonds is 3. The molecule has 0 aliphatic carbocycles. The quantitative estimate of drug-likeness (QED) is 0.472. The van der Waals surface area contributed by atoms with Crippen LogP contribution in [0.3, 0.4) is 0 Å². The van der Waals surface area contributed by atoms with E-state index in [9.17, 15) is 19.8 Å². The predicted octanol–water partition coefficient (Wildman–Crippen LogP) is -4.98. The van der Waals surface area contributed by atoms with Crippen LogP contribution in [0.4, 0.5) is 0 Å². The number of aliphatic carboxylic acids is 2. The SMILES string of the molecule is C=O.O=C([O-])C(O)C(O)C(=O)[O-].[Cu+2]. The Hall–Kier alpha value is -0.951. The molecule has 0 spiro atoms. The molecule has 2 unspecified atom stereocenters. The Morgan fingerprint density at radius 1 is 1.00 bits per heavy atom. The van der Waals surface area contributed by atoms with Crippen molar-refractivity contribution >= 4 is 18.7 Å². The van der Waals surface area contributed by atoms with Gasteiger partial charge in [0.05, 0.1) is 11.9 Å². The molecule has 2 atom stereocenters. The third-order valence-corrected chi connectivity index (χ3v) is 0.782. The summed E-state index contributed by atoms with van der Waals surface area (Å²) in [6.45, 7) is 2.00. The minimum atomic E-state index is -2.44. The van der Waals surface area contributed by atoms with Crippen LogP contribution in [-0.2, 0) is 31.5 Å². The molecule has 1 radical (unpaired) electrons. The fourth-order valence-electron chi connectivity index (χ4n) is 0.258. The molecule has 0 amide bonds. The molecule has 2 N–H and O–H groups in total. The van der Waals surface area contributed by atoms with E-state index in [1.165, 1.54) is 0 Å². The third-order valence-electron chi connectivity index (χ3n) is 0.782. The molecule has 7 nitrogen and oxygen atoms in total. The summed E-state index contributed by atoms with van der Waals surface area (Å²) in [5.74, 6) is -4.12. The monoisotopic (exact) mass is 241 g/mol. The van der Waals surface area contributed by atoms with E-state index in [0.29, 0.717) is 0 Å². The summed E-state index contributed by atoms with van der Waals surface area (Å²) in [7, 11) is 0. The summed E-state index contributed by atoms with van der Waals surface area (Å²) in [6, 6.07) is 0. The Morgan fingerprint density at radius 3 is 1.23 bits per heavy atom. The van der Waals surface area contributed by atoms with E-state index in [1.807, 2.05) is 6.79 Å². The van der Waals surface area contributed by atoms with Crippen LogP contribution in [0.1, 0.15) is 0 Å². The average molecular weight is 242 g/mol. The molecule has 0 saturated heterocycles. The molecule has 0 saturated carbocycles. The largest absolute Gasteiger partial charge is 2.00 e. The number of hydrogen-bond acceptors (Lipinski definition) is 7. The number of carbonyl (C=O) groups is 3. The predicted molar refractivity (Wildman–Crippen MR) is 29.1 cm³/mol. The Kier molecular flexibility index (Phi) is 12.6. The summed E-state index contributed by atoms with van der Waals surface area (Å²) < 4.78 is 0. The second-order valence-electron chi connectivity index (χ2n) is 1.53. The number of carboxylic acid groups (broad SMARTS) is 2. The Balaban J connectivity index is -0.000000309. The van der Waals surface area contributed by atoms with Gasteiger partial charge in [0.25, 0.3) is 0 Å². The van der Waals surface area contributed by atoms with Gasteiger partial charge in [-0.3, -0.25) is 0 Å². The molecule has 0 aliphatic heterocycles. The normalized spacial score (nSPS) is 12.5. The van der Waals surface area contributed by atoms with Crippen LogP contribution < -0.4 is 10.2 Å². The fourth-order valence-corrected chi connectivity index (χ4v) is 0.258. The Morgan fingerprint density at radius 2 is 1.15 bits per heavy atom. The zero-order valence-corrected chi connectivity index (χ0v) is 7.04. The van der Waals surface area contributed by atoms with Crippen molar-refractivity contribution in [1.82, 2.24) is 0 Å². The van der Waals surface area contributed by atoms with Crippen LogP contribution in [0.2, 0.25) is 0 Å². The van der Waals surface area contributed by atoms with Gasteiger partial charge in [-0.15, -0.1) is 0 Å². The van der Waals surface area contributed by atoms with Gasteiger partial charge in [0.2, 0.25) is 0 Å². The van der Waals surface area contributed by atoms with Crippen LogP contribution in [-0.4, -0.2) is 41.1 Å². The molecule has 0 fully saturated rings. The first kappa shape index (κ1) is 18.0. The Bertz CT molecular complexity index is 152. The van der Waals surface area contributed by atoms with Crippen LogP contribution >= 0.6 is 0 Å². The van der Waals surface area contributed by atoms with E-state index in [2.05, 4.69) is 0 Å². The van der Waals surface area contributed by atoms with Gasteiger partial charge < -0.3 is 34.8 Å². The third kappa shape index (κ3) is 7.41. The van der Waals surface area contributed by atoms with Crippen molar-refractivity contribution < 1.29 is 51.9 Å². The number of carbonyl (C=O) groups excluding carboxylic acids is 3. The van der Waals surface area contributed by atoms with Gasteiger partial charge >= 0.3 is 17.1 Å². The van der Waals surface area contributed by atoms with Crippen molar-refractivity contribution in [3.8, 4) is 0 Å². The standard InChI is InChI=1S/C4H6O6.CH2O.Cu/c5-1(3(7)8)2(6)4(9)10;1-2;/h1-2,5-6H,(H,7,8)(H,9,10);1H2;/q;;+2/p-2. The zero-order valence-electron chi connectivity index (χ0n) is 6.10. The molecule has 0 aliphatic rings.